The van der Waals surface area contributed by atoms with Crippen molar-refractivity contribution >= 4 is 0 Å². The minimum absolute atomic E-state index is 0.444. The molecule has 2 aliphatic rings. The van der Waals surface area contributed by atoms with E-state index in [4.69, 9.17) is 0 Å². The Labute approximate surface area is 111 Å². The predicted octanol–water partition coefficient (Wildman–Crippen LogP) is 1.22. The molecule has 3 nitrogen and oxygen atoms in total. The largest absolute Gasteiger partial charge is 0.384 e. The molecule has 1 aromatic rings. The van der Waals surface area contributed by atoms with Gasteiger partial charge < -0.3 is 10.4 Å². The lowest BCUT2D eigenvalue weighted by atomic mass is 9.82. The van der Waals surface area contributed by atoms with Crippen LogP contribution in [0.3, 0.4) is 0 Å². The van der Waals surface area contributed by atoms with E-state index in [9.17, 15) is 13.9 Å². The minimum Gasteiger partial charge on any atom is -0.384 e. The first-order valence-electron chi connectivity index (χ1n) is 6.71. The van der Waals surface area contributed by atoms with Gasteiger partial charge in [0.15, 0.2) is 11.6 Å². The molecule has 1 aromatic carbocycles. The summed E-state index contributed by atoms with van der Waals surface area (Å²) in [5.41, 5.74) is -0.592. The Kier molecular flexibility index (Phi) is 3.28. The summed E-state index contributed by atoms with van der Waals surface area (Å²) >= 11 is 0. The molecule has 0 spiro atoms. The molecular formula is C14H18F2N2O. The molecule has 104 valence electrons. The smallest absolute Gasteiger partial charge is 0.159 e. The number of halogens is 2. The maximum atomic E-state index is 13.3. The number of piperazine rings is 1. The Morgan fingerprint density at radius 3 is 2.95 bits per heavy atom. The van der Waals surface area contributed by atoms with Crippen molar-refractivity contribution in [2.45, 2.75) is 24.5 Å². The Bertz CT molecular complexity index is 483. The highest BCUT2D eigenvalue weighted by atomic mass is 19.2. The van der Waals surface area contributed by atoms with Crippen molar-refractivity contribution in [1.29, 1.82) is 0 Å². The minimum atomic E-state index is -1.07. The number of piperidine rings is 1. The van der Waals surface area contributed by atoms with Crippen LogP contribution in [0, 0.1) is 11.6 Å². The normalized spacial score (nSPS) is 32.1. The van der Waals surface area contributed by atoms with Gasteiger partial charge in [0.2, 0.25) is 0 Å². The molecule has 0 saturated carbocycles. The molecule has 0 radical (unpaired) electrons. The molecule has 3 rings (SSSR count). The third-order valence-electron chi connectivity index (χ3n) is 4.28. The fourth-order valence-electron chi connectivity index (χ4n) is 3.14. The highest BCUT2D eigenvalue weighted by Gasteiger charge is 2.40. The van der Waals surface area contributed by atoms with Crippen LogP contribution in [0.4, 0.5) is 8.78 Å². The van der Waals surface area contributed by atoms with Gasteiger partial charge in [-0.3, -0.25) is 4.90 Å². The average molecular weight is 268 g/mol. The Morgan fingerprint density at radius 2 is 2.16 bits per heavy atom. The lowest BCUT2D eigenvalue weighted by Gasteiger charge is -2.46. The zero-order valence-electron chi connectivity index (χ0n) is 10.7. The van der Waals surface area contributed by atoms with Gasteiger partial charge >= 0.3 is 0 Å². The van der Waals surface area contributed by atoms with E-state index in [-0.39, 0.29) is 0 Å². The van der Waals surface area contributed by atoms with E-state index in [0.717, 1.165) is 38.2 Å². The third kappa shape index (κ3) is 2.38. The Balaban J connectivity index is 1.84. The van der Waals surface area contributed by atoms with E-state index in [2.05, 4.69) is 10.2 Å². The number of nitrogens with zero attached hydrogens (tertiary/aromatic N) is 1. The standard InChI is InChI=1S/C14H18F2N2O/c15-12-2-1-10(7-13(12)16)14(19)4-3-11-8-17-5-6-18(11)9-14/h1-2,7,11,17,19H,3-6,8-9H2/t11-,14-/m0/s1. The second-order valence-corrected chi connectivity index (χ2v) is 5.53. The van der Waals surface area contributed by atoms with E-state index in [1.165, 1.54) is 6.07 Å². The third-order valence-corrected chi connectivity index (χ3v) is 4.28. The molecule has 2 atom stereocenters. The SMILES string of the molecule is O[C@@]1(c2ccc(F)c(F)c2)CC[C@H]2CNCCN2C1. The lowest BCUT2D eigenvalue weighted by molar-refractivity contribution is -0.0626. The summed E-state index contributed by atoms with van der Waals surface area (Å²) in [5, 5.41) is 14.1. The van der Waals surface area contributed by atoms with Crippen molar-refractivity contribution in [1.82, 2.24) is 10.2 Å². The fourth-order valence-corrected chi connectivity index (χ4v) is 3.14. The highest BCUT2D eigenvalue weighted by Crippen LogP contribution is 2.35. The van der Waals surface area contributed by atoms with Crippen molar-refractivity contribution in [3.8, 4) is 0 Å². The summed E-state index contributed by atoms with van der Waals surface area (Å²) in [5.74, 6) is -1.77. The first kappa shape index (κ1) is 13.0. The van der Waals surface area contributed by atoms with Gasteiger partial charge in [0.1, 0.15) is 5.60 Å². The van der Waals surface area contributed by atoms with Crippen molar-refractivity contribution in [3.63, 3.8) is 0 Å². The second kappa shape index (κ2) is 4.81. The highest BCUT2D eigenvalue weighted by molar-refractivity contribution is 5.25. The van der Waals surface area contributed by atoms with E-state index in [1.54, 1.807) is 0 Å². The van der Waals surface area contributed by atoms with Gasteiger partial charge in [0.25, 0.3) is 0 Å². The summed E-state index contributed by atoms with van der Waals surface area (Å²) in [7, 11) is 0. The summed E-state index contributed by atoms with van der Waals surface area (Å²) in [6.07, 6.45) is 1.45. The summed E-state index contributed by atoms with van der Waals surface area (Å²) in [6.45, 7) is 3.22. The molecule has 0 unspecified atom stereocenters. The molecule has 2 fully saturated rings. The molecule has 0 bridgehead atoms. The lowest BCUT2D eigenvalue weighted by Crippen LogP contribution is -2.59. The molecular weight excluding hydrogens is 250 g/mol. The van der Waals surface area contributed by atoms with Crippen LogP contribution in [0.2, 0.25) is 0 Å². The molecule has 19 heavy (non-hydrogen) atoms. The van der Waals surface area contributed by atoms with Crippen LogP contribution in [-0.4, -0.2) is 42.2 Å². The number of hydrogen-bond acceptors (Lipinski definition) is 3. The predicted molar refractivity (Wildman–Crippen MR) is 67.7 cm³/mol. The van der Waals surface area contributed by atoms with E-state index in [0.29, 0.717) is 24.6 Å². The fraction of sp³-hybridized carbons (Fsp3) is 0.571. The molecule has 2 saturated heterocycles. The number of aliphatic hydroxyl groups is 1. The van der Waals surface area contributed by atoms with Crippen molar-refractivity contribution in [2.75, 3.05) is 26.2 Å². The van der Waals surface area contributed by atoms with E-state index >= 15 is 0 Å². The van der Waals surface area contributed by atoms with Crippen molar-refractivity contribution in [2.24, 2.45) is 0 Å². The number of rotatable bonds is 1. The van der Waals surface area contributed by atoms with Gasteiger partial charge in [-0.25, -0.2) is 8.78 Å². The van der Waals surface area contributed by atoms with Gasteiger partial charge in [0, 0.05) is 32.2 Å². The second-order valence-electron chi connectivity index (χ2n) is 5.53. The van der Waals surface area contributed by atoms with Crippen LogP contribution in [-0.2, 0) is 5.60 Å². The zero-order valence-corrected chi connectivity index (χ0v) is 10.7. The molecule has 5 heteroatoms. The summed E-state index contributed by atoms with van der Waals surface area (Å²) in [6, 6.07) is 4.14. The maximum absolute atomic E-state index is 13.3. The number of hydrogen-bond donors (Lipinski definition) is 2. The van der Waals surface area contributed by atoms with Crippen LogP contribution in [0.15, 0.2) is 18.2 Å². The summed E-state index contributed by atoms with van der Waals surface area (Å²) in [4.78, 5) is 2.24. The first-order chi connectivity index (χ1) is 9.08. The molecule has 2 heterocycles. The van der Waals surface area contributed by atoms with Crippen molar-refractivity contribution < 1.29 is 13.9 Å². The first-order valence-corrected chi connectivity index (χ1v) is 6.71. The van der Waals surface area contributed by atoms with Gasteiger partial charge in [0.05, 0.1) is 0 Å². The van der Waals surface area contributed by atoms with Gasteiger partial charge in [-0.2, -0.15) is 0 Å². The van der Waals surface area contributed by atoms with Gasteiger partial charge in [-0.05, 0) is 30.5 Å². The Hall–Kier alpha value is -1.04. The molecule has 0 aromatic heterocycles. The van der Waals surface area contributed by atoms with Crippen molar-refractivity contribution in [3.05, 3.63) is 35.4 Å². The van der Waals surface area contributed by atoms with Crippen LogP contribution >= 0.6 is 0 Å². The number of benzene rings is 1. The molecule has 0 aliphatic carbocycles. The van der Waals surface area contributed by atoms with Crippen LogP contribution < -0.4 is 5.32 Å². The van der Waals surface area contributed by atoms with Crippen LogP contribution in [0.1, 0.15) is 18.4 Å². The van der Waals surface area contributed by atoms with E-state index < -0.39 is 17.2 Å². The molecule has 2 N–H and O–H groups in total. The van der Waals surface area contributed by atoms with Gasteiger partial charge in [-0.15, -0.1) is 0 Å². The monoisotopic (exact) mass is 268 g/mol. The molecule has 0 amide bonds. The average Bonchev–Trinajstić information content (AvgIpc) is 2.41. The Morgan fingerprint density at radius 1 is 1.32 bits per heavy atom. The van der Waals surface area contributed by atoms with Crippen LogP contribution in [0.5, 0.6) is 0 Å². The number of nitrogens with one attached hydrogen (secondary N) is 1. The molecule has 2 aliphatic heterocycles. The quantitative estimate of drug-likeness (QED) is 0.804. The van der Waals surface area contributed by atoms with Crippen LogP contribution in [0.25, 0.3) is 0 Å². The van der Waals surface area contributed by atoms with Gasteiger partial charge in [-0.1, -0.05) is 6.07 Å². The number of fused-ring (bicyclic) bond motifs is 1. The van der Waals surface area contributed by atoms with E-state index in [1.807, 2.05) is 0 Å². The topological polar surface area (TPSA) is 35.5 Å². The zero-order chi connectivity index (χ0) is 13.5. The summed E-state index contributed by atoms with van der Waals surface area (Å²) < 4.78 is 26.3. The maximum Gasteiger partial charge on any atom is 0.159 e.